The molecule has 142 valence electrons. The van der Waals surface area contributed by atoms with Crippen LogP contribution in [0.15, 0.2) is 89.2 Å². The summed E-state index contributed by atoms with van der Waals surface area (Å²) in [5, 5.41) is 8.55. The lowest BCUT2D eigenvalue weighted by Crippen LogP contribution is -2.05. The molecule has 0 amide bonds. The fourth-order valence-electron chi connectivity index (χ4n) is 3.98. The van der Waals surface area contributed by atoms with Gasteiger partial charge in [0.05, 0.1) is 0 Å². The van der Waals surface area contributed by atoms with E-state index in [0.29, 0.717) is 11.4 Å². The van der Waals surface area contributed by atoms with Gasteiger partial charge in [0.1, 0.15) is 11.4 Å². The molecule has 0 saturated heterocycles. The van der Waals surface area contributed by atoms with Gasteiger partial charge in [0.2, 0.25) is 0 Å². The molecule has 0 atom stereocenters. The molecule has 0 fully saturated rings. The largest absolute Gasteiger partial charge is 0.145 e. The van der Waals surface area contributed by atoms with Crippen molar-refractivity contribution < 1.29 is 0 Å². The SMILES string of the molecule is Cc1cc(C(c2ccc(N=O)c(C)c2)c2cccc3ccccc23)ccc1N=O. The summed E-state index contributed by atoms with van der Waals surface area (Å²) < 4.78 is 0. The van der Waals surface area contributed by atoms with Crippen LogP contribution in [0, 0.1) is 23.7 Å². The molecule has 0 radical (unpaired) electrons. The Hall–Kier alpha value is -3.66. The smallest absolute Gasteiger partial charge is 0.110 e. The summed E-state index contributed by atoms with van der Waals surface area (Å²) in [5.74, 6) is -0.0556. The molecule has 4 aromatic rings. The molecule has 29 heavy (non-hydrogen) atoms. The Morgan fingerprint density at radius 1 is 0.655 bits per heavy atom. The van der Waals surface area contributed by atoms with Crippen molar-refractivity contribution in [1.29, 1.82) is 0 Å². The van der Waals surface area contributed by atoms with Crippen LogP contribution in [0.3, 0.4) is 0 Å². The summed E-state index contributed by atoms with van der Waals surface area (Å²) in [5.41, 5.74) is 5.87. The van der Waals surface area contributed by atoms with E-state index in [1.165, 1.54) is 16.3 Å². The molecule has 4 heteroatoms. The Morgan fingerprint density at radius 2 is 1.21 bits per heavy atom. The highest BCUT2D eigenvalue weighted by atomic mass is 16.3. The normalized spacial score (nSPS) is 11.0. The zero-order valence-corrected chi connectivity index (χ0v) is 16.3. The van der Waals surface area contributed by atoms with E-state index in [1.807, 2.05) is 50.2 Å². The van der Waals surface area contributed by atoms with Gasteiger partial charge in [0.25, 0.3) is 0 Å². The van der Waals surface area contributed by atoms with E-state index in [2.05, 4.69) is 40.7 Å². The molecule has 0 aliphatic rings. The molecule has 0 spiro atoms. The quantitative estimate of drug-likeness (QED) is 0.267. The van der Waals surface area contributed by atoms with E-state index in [-0.39, 0.29) is 5.92 Å². The average molecular weight is 380 g/mol. The van der Waals surface area contributed by atoms with E-state index in [9.17, 15) is 9.81 Å². The van der Waals surface area contributed by atoms with Gasteiger partial charge in [-0.25, -0.2) is 0 Å². The third kappa shape index (κ3) is 3.45. The Balaban J connectivity index is 1.99. The van der Waals surface area contributed by atoms with E-state index in [1.54, 1.807) is 12.1 Å². The maximum atomic E-state index is 11.0. The highest BCUT2D eigenvalue weighted by Crippen LogP contribution is 2.38. The predicted molar refractivity (Wildman–Crippen MR) is 118 cm³/mol. The highest BCUT2D eigenvalue weighted by Gasteiger charge is 2.20. The average Bonchev–Trinajstić information content (AvgIpc) is 2.74. The van der Waals surface area contributed by atoms with Crippen LogP contribution in [-0.2, 0) is 0 Å². The zero-order chi connectivity index (χ0) is 20.4. The van der Waals surface area contributed by atoms with Crippen molar-refractivity contribution in [2.24, 2.45) is 10.4 Å². The van der Waals surface area contributed by atoms with Gasteiger partial charge in [0, 0.05) is 5.92 Å². The molecule has 0 N–H and O–H groups in total. The van der Waals surface area contributed by atoms with Crippen LogP contribution >= 0.6 is 0 Å². The Morgan fingerprint density at radius 3 is 1.76 bits per heavy atom. The summed E-state index contributed by atoms with van der Waals surface area (Å²) in [4.78, 5) is 22.1. The van der Waals surface area contributed by atoms with Crippen LogP contribution in [0.2, 0.25) is 0 Å². The number of benzene rings is 4. The molecule has 4 rings (SSSR count). The molecular formula is C25H20N2O2. The minimum absolute atomic E-state index is 0.0556. The van der Waals surface area contributed by atoms with E-state index in [0.717, 1.165) is 22.3 Å². The molecule has 4 aromatic carbocycles. The highest BCUT2D eigenvalue weighted by molar-refractivity contribution is 5.87. The van der Waals surface area contributed by atoms with Crippen molar-refractivity contribution in [1.82, 2.24) is 0 Å². The fourth-order valence-corrected chi connectivity index (χ4v) is 3.98. The third-order valence-electron chi connectivity index (χ3n) is 5.44. The molecule has 0 heterocycles. The van der Waals surface area contributed by atoms with E-state index < -0.39 is 0 Å². The number of nitroso groups, excluding NO2 is 2. The monoisotopic (exact) mass is 380 g/mol. The van der Waals surface area contributed by atoms with E-state index >= 15 is 0 Å². The standard InChI is InChI=1S/C25H20N2O2/c1-16-14-19(10-12-23(16)26-28)25(20-11-13-24(27-29)17(2)15-20)22-9-5-7-18-6-3-4-8-21(18)22/h3-15,25H,1-2H3. The molecule has 0 aromatic heterocycles. The Bertz CT molecular complexity index is 1170. The second kappa shape index (κ2) is 7.76. The van der Waals surface area contributed by atoms with E-state index in [4.69, 9.17) is 0 Å². The van der Waals surface area contributed by atoms with Crippen LogP contribution in [-0.4, -0.2) is 0 Å². The predicted octanol–water partition coefficient (Wildman–Crippen LogP) is 7.43. The first kappa shape index (κ1) is 18.7. The van der Waals surface area contributed by atoms with Gasteiger partial charge >= 0.3 is 0 Å². The van der Waals surface area contributed by atoms with Gasteiger partial charge in [-0.15, -0.1) is 9.81 Å². The molecule has 0 aliphatic carbocycles. The first-order valence-corrected chi connectivity index (χ1v) is 9.48. The van der Waals surface area contributed by atoms with Crippen LogP contribution < -0.4 is 0 Å². The van der Waals surface area contributed by atoms with Crippen molar-refractivity contribution in [2.75, 3.05) is 0 Å². The minimum Gasteiger partial charge on any atom is -0.145 e. The van der Waals surface area contributed by atoms with Crippen LogP contribution in [0.4, 0.5) is 11.4 Å². The Labute approximate surface area is 169 Å². The topological polar surface area (TPSA) is 58.9 Å². The summed E-state index contributed by atoms with van der Waals surface area (Å²) in [7, 11) is 0. The number of hydrogen-bond acceptors (Lipinski definition) is 4. The van der Waals surface area contributed by atoms with Crippen molar-refractivity contribution in [3.8, 4) is 0 Å². The number of fused-ring (bicyclic) bond motifs is 1. The molecule has 0 unspecified atom stereocenters. The number of nitrogens with zero attached hydrogens (tertiary/aromatic N) is 2. The zero-order valence-electron chi connectivity index (χ0n) is 16.3. The lowest BCUT2D eigenvalue weighted by molar-refractivity contribution is 0.982. The lowest BCUT2D eigenvalue weighted by Gasteiger charge is -2.22. The molecule has 4 nitrogen and oxygen atoms in total. The third-order valence-corrected chi connectivity index (χ3v) is 5.44. The number of hydrogen-bond donors (Lipinski definition) is 0. The van der Waals surface area contributed by atoms with Crippen LogP contribution in [0.5, 0.6) is 0 Å². The van der Waals surface area contributed by atoms with Crippen LogP contribution in [0.25, 0.3) is 10.8 Å². The van der Waals surface area contributed by atoms with Gasteiger partial charge in [-0.3, -0.25) is 0 Å². The van der Waals surface area contributed by atoms with Gasteiger partial charge < -0.3 is 0 Å². The summed E-state index contributed by atoms with van der Waals surface area (Å²) >= 11 is 0. The molecule has 0 aliphatic heterocycles. The summed E-state index contributed by atoms with van der Waals surface area (Å²) in [6.45, 7) is 3.79. The summed E-state index contributed by atoms with van der Waals surface area (Å²) in [6, 6.07) is 26.1. The lowest BCUT2D eigenvalue weighted by atomic mass is 9.81. The molecule has 0 bridgehead atoms. The van der Waals surface area contributed by atoms with Crippen molar-refractivity contribution in [3.05, 3.63) is 116 Å². The van der Waals surface area contributed by atoms with Gasteiger partial charge in [-0.2, -0.15) is 0 Å². The summed E-state index contributed by atoms with van der Waals surface area (Å²) in [6.07, 6.45) is 0. The van der Waals surface area contributed by atoms with Gasteiger partial charge in [-0.05, 0) is 74.9 Å². The first-order chi connectivity index (χ1) is 14.1. The van der Waals surface area contributed by atoms with Crippen molar-refractivity contribution in [2.45, 2.75) is 19.8 Å². The molecule has 0 saturated carbocycles. The van der Waals surface area contributed by atoms with Crippen molar-refractivity contribution >= 4 is 22.1 Å². The second-order valence-corrected chi connectivity index (χ2v) is 7.28. The molecular weight excluding hydrogens is 360 g/mol. The fraction of sp³-hybridized carbons (Fsp3) is 0.120. The second-order valence-electron chi connectivity index (χ2n) is 7.28. The van der Waals surface area contributed by atoms with Crippen molar-refractivity contribution in [3.63, 3.8) is 0 Å². The van der Waals surface area contributed by atoms with Gasteiger partial charge in [0.15, 0.2) is 0 Å². The number of aryl methyl sites for hydroxylation is 2. The first-order valence-electron chi connectivity index (χ1n) is 9.48. The van der Waals surface area contributed by atoms with Gasteiger partial charge in [-0.1, -0.05) is 66.7 Å². The number of rotatable bonds is 5. The maximum absolute atomic E-state index is 11.0. The maximum Gasteiger partial charge on any atom is 0.110 e. The minimum atomic E-state index is -0.0556. The van der Waals surface area contributed by atoms with Crippen LogP contribution in [0.1, 0.15) is 33.7 Å². The Kier molecular flexibility index (Phi) is 5.00.